The number of amides is 1. The SMILES string of the molecule is CCN(CC)C(=O)c1sccc1-c1cccc([Si](C)(C)C)c1O. The van der Waals surface area contributed by atoms with E-state index < -0.39 is 8.07 Å². The summed E-state index contributed by atoms with van der Waals surface area (Å²) < 4.78 is 0. The average molecular weight is 348 g/mol. The van der Waals surface area contributed by atoms with Gasteiger partial charge in [-0.2, -0.15) is 0 Å². The molecule has 124 valence electrons. The third kappa shape index (κ3) is 3.51. The second kappa shape index (κ2) is 6.89. The van der Waals surface area contributed by atoms with Crippen LogP contribution in [0.3, 0.4) is 0 Å². The molecule has 3 nitrogen and oxygen atoms in total. The minimum Gasteiger partial charge on any atom is -0.507 e. The van der Waals surface area contributed by atoms with Crippen molar-refractivity contribution >= 4 is 30.5 Å². The van der Waals surface area contributed by atoms with Crippen molar-refractivity contribution in [2.75, 3.05) is 13.1 Å². The number of hydrogen-bond acceptors (Lipinski definition) is 3. The molecule has 0 aliphatic carbocycles. The highest BCUT2D eigenvalue weighted by Crippen LogP contribution is 2.35. The Morgan fingerprint density at radius 3 is 2.35 bits per heavy atom. The van der Waals surface area contributed by atoms with E-state index >= 15 is 0 Å². The molecule has 2 rings (SSSR count). The summed E-state index contributed by atoms with van der Waals surface area (Å²) in [6, 6.07) is 7.82. The molecule has 1 N–H and O–H groups in total. The molecule has 0 radical (unpaired) electrons. The lowest BCUT2D eigenvalue weighted by atomic mass is 10.0. The Morgan fingerprint density at radius 1 is 1.13 bits per heavy atom. The fourth-order valence-electron chi connectivity index (χ4n) is 2.71. The Hall–Kier alpha value is -1.59. The first kappa shape index (κ1) is 17.8. The third-order valence-electron chi connectivity index (χ3n) is 4.04. The van der Waals surface area contributed by atoms with E-state index in [1.807, 2.05) is 48.4 Å². The molecule has 1 aromatic heterocycles. The Kier molecular flexibility index (Phi) is 5.32. The van der Waals surface area contributed by atoms with Gasteiger partial charge in [-0.25, -0.2) is 0 Å². The number of benzene rings is 1. The van der Waals surface area contributed by atoms with Crippen LogP contribution < -0.4 is 5.19 Å². The molecule has 0 spiro atoms. The van der Waals surface area contributed by atoms with Gasteiger partial charge in [0.15, 0.2) is 0 Å². The monoisotopic (exact) mass is 347 g/mol. The van der Waals surface area contributed by atoms with E-state index in [2.05, 4.69) is 19.6 Å². The van der Waals surface area contributed by atoms with Crippen molar-refractivity contribution in [3.05, 3.63) is 34.5 Å². The predicted molar refractivity (Wildman–Crippen MR) is 102 cm³/mol. The van der Waals surface area contributed by atoms with Crippen LogP contribution >= 0.6 is 11.3 Å². The molecule has 23 heavy (non-hydrogen) atoms. The topological polar surface area (TPSA) is 40.5 Å². The van der Waals surface area contributed by atoms with Crippen molar-refractivity contribution in [1.29, 1.82) is 0 Å². The van der Waals surface area contributed by atoms with Gasteiger partial charge in [-0.05, 0) is 30.5 Å². The molecule has 0 aliphatic heterocycles. The van der Waals surface area contributed by atoms with Crippen LogP contribution in [0.5, 0.6) is 5.75 Å². The average Bonchev–Trinajstić information content (AvgIpc) is 2.96. The standard InChI is InChI=1S/C18H25NO2SSi/c1-6-19(7-2)18(21)17-14(11-12-22-17)13-9-8-10-15(16(13)20)23(3,4)5/h8-12,20H,6-7H2,1-5H3. The number of thiophene rings is 1. The highest BCUT2D eigenvalue weighted by Gasteiger charge is 2.25. The van der Waals surface area contributed by atoms with Gasteiger partial charge < -0.3 is 10.0 Å². The molecular weight excluding hydrogens is 322 g/mol. The van der Waals surface area contributed by atoms with E-state index in [0.29, 0.717) is 23.7 Å². The van der Waals surface area contributed by atoms with E-state index in [4.69, 9.17) is 0 Å². The van der Waals surface area contributed by atoms with Crippen molar-refractivity contribution in [2.45, 2.75) is 33.5 Å². The van der Waals surface area contributed by atoms with Crippen molar-refractivity contribution in [1.82, 2.24) is 4.90 Å². The number of carbonyl (C=O) groups excluding carboxylic acids is 1. The zero-order valence-electron chi connectivity index (χ0n) is 14.5. The molecule has 1 heterocycles. The van der Waals surface area contributed by atoms with E-state index in [1.165, 1.54) is 11.3 Å². The molecule has 1 aromatic carbocycles. The van der Waals surface area contributed by atoms with Gasteiger partial charge >= 0.3 is 0 Å². The minimum atomic E-state index is -1.64. The van der Waals surface area contributed by atoms with Gasteiger partial charge in [0.25, 0.3) is 5.91 Å². The van der Waals surface area contributed by atoms with Crippen molar-refractivity contribution < 1.29 is 9.90 Å². The van der Waals surface area contributed by atoms with E-state index in [0.717, 1.165) is 16.3 Å². The lowest BCUT2D eigenvalue weighted by Crippen LogP contribution is -2.37. The molecule has 0 saturated carbocycles. The maximum absolute atomic E-state index is 12.7. The summed E-state index contributed by atoms with van der Waals surface area (Å²) in [7, 11) is -1.64. The number of phenols is 1. The maximum Gasteiger partial charge on any atom is 0.264 e. The van der Waals surface area contributed by atoms with Crippen LogP contribution in [-0.4, -0.2) is 37.1 Å². The predicted octanol–water partition coefficient (Wildman–Crippen LogP) is 4.15. The van der Waals surface area contributed by atoms with Crippen LogP contribution in [0.15, 0.2) is 29.6 Å². The third-order valence-corrected chi connectivity index (χ3v) is 6.97. The Labute approximate surface area is 143 Å². The van der Waals surface area contributed by atoms with E-state index in [1.54, 1.807) is 0 Å². The number of hydrogen-bond donors (Lipinski definition) is 1. The lowest BCUT2D eigenvalue weighted by molar-refractivity contribution is 0.0778. The molecular formula is C18H25NO2SSi. The first-order chi connectivity index (χ1) is 10.8. The maximum atomic E-state index is 12.7. The molecule has 0 fully saturated rings. The number of para-hydroxylation sites is 1. The van der Waals surface area contributed by atoms with Crippen molar-refractivity contribution in [3.8, 4) is 16.9 Å². The highest BCUT2D eigenvalue weighted by atomic mass is 32.1. The molecule has 5 heteroatoms. The summed E-state index contributed by atoms with van der Waals surface area (Å²) in [4.78, 5) is 15.2. The molecule has 1 amide bonds. The van der Waals surface area contributed by atoms with E-state index in [9.17, 15) is 9.90 Å². The van der Waals surface area contributed by atoms with Crippen LogP contribution in [0, 0.1) is 0 Å². The first-order valence-electron chi connectivity index (χ1n) is 8.00. The zero-order valence-corrected chi connectivity index (χ0v) is 16.3. The van der Waals surface area contributed by atoms with E-state index in [-0.39, 0.29) is 5.91 Å². The molecule has 0 bridgehead atoms. The van der Waals surface area contributed by atoms with Gasteiger partial charge in [0, 0.05) is 24.2 Å². The summed E-state index contributed by atoms with van der Waals surface area (Å²) in [6.45, 7) is 12.0. The first-order valence-corrected chi connectivity index (χ1v) is 12.4. The van der Waals surface area contributed by atoms with Gasteiger partial charge in [0.2, 0.25) is 0 Å². The molecule has 0 saturated heterocycles. The Morgan fingerprint density at radius 2 is 1.78 bits per heavy atom. The van der Waals surface area contributed by atoms with Crippen LogP contribution in [0.4, 0.5) is 0 Å². The van der Waals surface area contributed by atoms with Gasteiger partial charge in [-0.1, -0.05) is 37.8 Å². The van der Waals surface area contributed by atoms with Crippen LogP contribution in [0.2, 0.25) is 19.6 Å². The summed E-state index contributed by atoms with van der Waals surface area (Å²) in [6.07, 6.45) is 0. The van der Waals surface area contributed by atoms with Crippen LogP contribution in [-0.2, 0) is 0 Å². The van der Waals surface area contributed by atoms with Gasteiger partial charge in [-0.3, -0.25) is 4.79 Å². The molecule has 2 aromatic rings. The smallest absolute Gasteiger partial charge is 0.264 e. The fourth-order valence-corrected chi connectivity index (χ4v) is 5.02. The van der Waals surface area contributed by atoms with Gasteiger partial charge in [0.1, 0.15) is 5.75 Å². The normalized spacial score (nSPS) is 11.5. The number of carbonyl (C=O) groups is 1. The number of aromatic hydroxyl groups is 1. The largest absolute Gasteiger partial charge is 0.507 e. The molecule has 0 unspecified atom stereocenters. The zero-order chi connectivity index (χ0) is 17.2. The quantitative estimate of drug-likeness (QED) is 0.826. The van der Waals surface area contributed by atoms with Crippen molar-refractivity contribution in [3.63, 3.8) is 0 Å². The highest BCUT2D eigenvalue weighted by molar-refractivity contribution is 7.12. The summed E-state index contributed by atoms with van der Waals surface area (Å²) in [5.74, 6) is 0.372. The lowest BCUT2D eigenvalue weighted by Gasteiger charge is -2.21. The number of rotatable bonds is 5. The Bertz CT molecular complexity index is 699. The van der Waals surface area contributed by atoms with Gasteiger partial charge in [-0.15, -0.1) is 11.3 Å². The molecule has 0 aliphatic rings. The fraction of sp³-hybridized carbons (Fsp3) is 0.389. The number of phenolic OH excluding ortho intramolecular Hbond substituents is 1. The van der Waals surface area contributed by atoms with Crippen molar-refractivity contribution in [2.24, 2.45) is 0 Å². The van der Waals surface area contributed by atoms with Gasteiger partial charge in [0.05, 0.1) is 13.0 Å². The summed E-state index contributed by atoms with van der Waals surface area (Å²) in [5.41, 5.74) is 1.60. The number of nitrogens with zero attached hydrogens (tertiary/aromatic N) is 1. The van der Waals surface area contributed by atoms with Crippen LogP contribution in [0.1, 0.15) is 23.5 Å². The molecule has 0 atom stereocenters. The second-order valence-corrected chi connectivity index (χ2v) is 12.5. The Balaban J connectivity index is 2.54. The second-order valence-electron chi connectivity index (χ2n) is 6.59. The minimum absolute atomic E-state index is 0.0396. The summed E-state index contributed by atoms with van der Waals surface area (Å²) in [5, 5.41) is 13.7. The van der Waals surface area contributed by atoms with Crippen LogP contribution in [0.25, 0.3) is 11.1 Å². The summed E-state index contributed by atoms with van der Waals surface area (Å²) >= 11 is 1.44.